The normalized spacial score (nSPS) is 11.3. The summed E-state index contributed by atoms with van der Waals surface area (Å²) in [6.07, 6.45) is -4.55. The zero-order chi connectivity index (χ0) is 15.6. The van der Waals surface area contributed by atoms with Crippen molar-refractivity contribution >= 4 is 27.5 Å². The van der Waals surface area contributed by atoms with E-state index in [9.17, 15) is 22.4 Å². The lowest BCUT2D eigenvalue weighted by Gasteiger charge is -2.11. The highest BCUT2D eigenvalue weighted by molar-refractivity contribution is 9.10. The number of carbonyl (C=O) groups excluding carboxylic acids is 1. The molecule has 0 aliphatic heterocycles. The van der Waals surface area contributed by atoms with E-state index >= 15 is 0 Å². The number of benzene rings is 2. The molecule has 0 radical (unpaired) electrons. The molecule has 0 saturated carbocycles. The van der Waals surface area contributed by atoms with Crippen LogP contribution < -0.4 is 5.32 Å². The van der Waals surface area contributed by atoms with Crippen molar-refractivity contribution in [3.8, 4) is 0 Å². The molecule has 7 heteroatoms. The third-order valence-electron chi connectivity index (χ3n) is 2.62. The van der Waals surface area contributed by atoms with E-state index < -0.39 is 23.5 Å². The zero-order valence-corrected chi connectivity index (χ0v) is 11.9. The fraction of sp³-hybridized carbons (Fsp3) is 0.0714. The maximum Gasteiger partial charge on any atom is 0.416 e. The van der Waals surface area contributed by atoms with Crippen molar-refractivity contribution in [2.24, 2.45) is 0 Å². The number of amides is 1. The standard InChI is InChI=1S/C14H8BrF4NO/c15-12-5-4-8(14(17,18)19)6-11(12)13(21)20-10-3-1-2-9(16)7-10/h1-7H,(H,20,21). The first-order chi connectivity index (χ1) is 9.77. The Labute approximate surface area is 125 Å². The van der Waals surface area contributed by atoms with Gasteiger partial charge in [-0.05, 0) is 52.3 Å². The lowest BCUT2D eigenvalue weighted by Crippen LogP contribution is -2.14. The van der Waals surface area contributed by atoms with Gasteiger partial charge in [0.15, 0.2) is 0 Å². The van der Waals surface area contributed by atoms with Crippen LogP contribution in [0.3, 0.4) is 0 Å². The van der Waals surface area contributed by atoms with Gasteiger partial charge in [0, 0.05) is 10.2 Å². The highest BCUT2D eigenvalue weighted by atomic mass is 79.9. The van der Waals surface area contributed by atoms with Crippen molar-refractivity contribution in [2.75, 3.05) is 5.32 Å². The van der Waals surface area contributed by atoms with E-state index in [1.807, 2.05) is 0 Å². The Hall–Kier alpha value is -1.89. The molecule has 0 aromatic heterocycles. The smallest absolute Gasteiger partial charge is 0.322 e. The maximum atomic E-state index is 13.0. The maximum absolute atomic E-state index is 13.0. The Morgan fingerprint density at radius 1 is 1.10 bits per heavy atom. The van der Waals surface area contributed by atoms with Crippen LogP contribution in [-0.2, 0) is 6.18 Å². The van der Waals surface area contributed by atoms with Crippen LogP contribution in [0.25, 0.3) is 0 Å². The van der Waals surface area contributed by atoms with Crippen molar-refractivity contribution in [1.29, 1.82) is 0 Å². The Kier molecular flexibility index (Phi) is 4.32. The van der Waals surface area contributed by atoms with Crippen molar-refractivity contribution < 1.29 is 22.4 Å². The average Bonchev–Trinajstić information content (AvgIpc) is 2.37. The van der Waals surface area contributed by atoms with Crippen LogP contribution in [0.1, 0.15) is 15.9 Å². The summed E-state index contributed by atoms with van der Waals surface area (Å²) in [4.78, 5) is 12.0. The molecule has 0 bridgehead atoms. The molecule has 2 nitrogen and oxygen atoms in total. The van der Waals surface area contributed by atoms with E-state index in [0.29, 0.717) is 0 Å². The SMILES string of the molecule is O=C(Nc1cccc(F)c1)c1cc(C(F)(F)F)ccc1Br. The number of anilines is 1. The molecule has 0 saturated heterocycles. The van der Waals surface area contributed by atoms with Gasteiger partial charge in [0.2, 0.25) is 0 Å². The van der Waals surface area contributed by atoms with Crippen LogP contribution in [0.4, 0.5) is 23.2 Å². The second-order valence-electron chi connectivity index (χ2n) is 4.16. The zero-order valence-electron chi connectivity index (χ0n) is 10.3. The third-order valence-corrected chi connectivity index (χ3v) is 3.31. The molecule has 0 fully saturated rings. The second-order valence-corrected chi connectivity index (χ2v) is 5.01. The summed E-state index contributed by atoms with van der Waals surface area (Å²) in [5.41, 5.74) is -0.964. The summed E-state index contributed by atoms with van der Waals surface area (Å²) in [5.74, 6) is -1.32. The van der Waals surface area contributed by atoms with Gasteiger partial charge < -0.3 is 5.32 Å². The Bertz CT molecular complexity index is 685. The lowest BCUT2D eigenvalue weighted by molar-refractivity contribution is -0.137. The van der Waals surface area contributed by atoms with Crippen LogP contribution in [0.2, 0.25) is 0 Å². The summed E-state index contributed by atoms with van der Waals surface area (Å²) in [5, 5.41) is 2.34. The van der Waals surface area contributed by atoms with Gasteiger partial charge in [0.25, 0.3) is 5.91 Å². The first-order valence-corrected chi connectivity index (χ1v) is 6.50. The molecule has 0 aliphatic rings. The third kappa shape index (κ3) is 3.81. The van der Waals surface area contributed by atoms with Gasteiger partial charge in [0.1, 0.15) is 5.82 Å². The number of carbonyl (C=O) groups is 1. The van der Waals surface area contributed by atoms with Crippen molar-refractivity contribution in [2.45, 2.75) is 6.18 Å². The molecule has 2 aromatic rings. The van der Waals surface area contributed by atoms with Crippen LogP contribution in [0.15, 0.2) is 46.9 Å². The van der Waals surface area contributed by atoms with Crippen LogP contribution in [0, 0.1) is 5.82 Å². The summed E-state index contributed by atoms with van der Waals surface area (Å²) in [7, 11) is 0. The van der Waals surface area contributed by atoms with E-state index in [1.165, 1.54) is 18.2 Å². The number of rotatable bonds is 2. The van der Waals surface area contributed by atoms with E-state index in [1.54, 1.807) is 0 Å². The molecular weight excluding hydrogens is 354 g/mol. The molecule has 2 rings (SSSR count). The predicted octanol–water partition coefficient (Wildman–Crippen LogP) is 4.86. The Morgan fingerprint density at radius 2 is 1.81 bits per heavy atom. The van der Waals surface area contributed by atoms with Gasteiger partial charge in [0.05, 0.1) is 11.1 Å². The molecule has 0 unspecified atom stereocenters. The number of hydrogen-bond donors (Lipinski definition) is 1. The fourth-order valence-corrected chi connectivity index (χ4v) is 2.07. The minimum atomic E-state index is -4.55. The van der Waals surface area contributed by atoms with E-state index in [-0.39, 0.29) is 15.7 Å². The minimum Gasteiger partial charge on any atom is -0.322 e. The number of nitrogens with one attached hydrogen (secondary N) is 1. The minimum absolute atomic E-state index is 0.157. The quantitative estimate of drug-likeness (QED) is 0.760. The second kappa shape index (κ2) is 5.85. The van der Waals surface area contributed by atoms with Gasteiger partial charge in [-0.1, -0.05) is 6.07 Å². The number of hydrogen-bond acceptors (Lipinski definition) is 1. The monoisotopic (exact) mass is 361 g/mol. The lowest BCUT2D eigenvalue weighted by atomic mass is 10.1. The number of alkyl halides is 3. The van der Waals surface area contributed by atoms with Crippen molar-refractivity contribution in [3.05, 3.63) is 63.9 Å². The predicted molar refractivity (Wildman–Crippen MR) is 73.5 cm³/mol. The molecule has 2 aromatic carbocycles. The van der Waals surface area contributed by atoms with Gasteiger partial charge in [-0.3, -0.25) is 4.79 Å². The van der Waals surface area contributed by atoms with Gasteiger partial charge in [-0.15, -0.1) is 0 Å². The molecule has 1 N–H and O–H groups in total. The molecule has 0 atom stereocenters. The van der Waals surface area contributed by atoms with E-state index in [2.05, 4.69) is 21.2 Å². The largest absolute Gasteiger partial charge is 0.416 e. The van der Waals surface area contributed by atoms with Crippen LogP contribution in [-0.4, -0.2) is 5.91 Å². The molecule has 1 amide bonds. The van der Waals surface area contributed by atoms with Gasteiger partial charge in [-0.2, -0.15) is 13.2 Å². The first kappa shape index (κ1) is 15.5. The highest BCUT2D eigenvalue weighted by Gasteiger charge is 2.31. The molecular formula is C14H8BrF4NO. The van der Waals surface area contributed by atoms with Crippen molar-refractivity contribution in [1.82, 2.24) is 0 Å². The molecule has 0 spiro atoms. The fourth-order valence-electron chi connectivity index (χ4n) is 1.64. The molecule has 21 heavy (non-hydrogen) atoms. The van der Waals surface area contributed by atoms with Crippen LogP contribution in [0.5, 0.6) is 0 Å². The highest BCUT2D eigenvalue weighted by Crippen LogP contribution is 2.32. The van der Waals surface area contributed by atoms with E-state index in [4.69, 9.17) is 0 Å². The van der Waals surface area contributed by atoms with Gasteiger partial charge >= 0.3 is 6.18 Å². The Balaban J connectivity index is 2.31. The number of halogens is 5. The molecule has 0 heterocycles. The first-order valence-electron chi connectivity index (χ1n) is 5.71. The van der Waals surface area contributed by atoms with Crippen LogP contribution >= 0.6 is 15.9 Å². The Morgan fingerprint density at radius 3 is 2.43 bits per heavy atom. The summed E-state index contributed by atoms with van der Waals surface area (Å²) < 4.78 is 51.2. The summed E-state index contributed by atoms with van der Waals surface area (Å²) >= 11 is 3.02. The van der Waals surface area contributed by atoms with Gasteiger partial charge in [-0.25, -0.2) is 4.39 Å². The van der Waals surface area contributed by atoms with E-state index in [0.717, 1.165) is 24.3 Å². The summed E-state index contributed by atoms with van der Waals surface area (Å²) in [6.45, 7) is 0. The molecule has 110 valence electrons. The molecule has 0 aliphatic carbocycles. The van der Waals surface area contributed by atoms with Crippen molar-refractivity contribution in [3.63, 3.8) is 0 Å². The topological polar surface area (TPSA) is 29.1 Å². The summed E-state index contributed by atoms with van der Waals surface area (Å²) in [6, 6.07) is 7.81. The average molecular weight is 362 g/mol.